The third kappa shape index (κ3) is 4.82. The number of ether oxygens (including phenoxy) is 3. The molecule has 0 N–H and O–H groups in total. The van der Waals surface area contributed by atoms with Crippen LogP contribution in [0, 0.1) is 0 Å². The molecule has 2 aliphatic rings. The molecule has 2 rings (SSSR count). The number of allylic oxidation sites excluding steroid dienone is 4. The van der Waals surface area contributed by atoms with E-state index in [9.17, 15) is 0 Å². The van der Waals surface area contributed by atoms with Crippen molar-refractivity contribution in [3.05, 3.63) is 23.7 Å². The summed E-state index contributed by atoms with van der Waals surface area (Å²) in [5, 5.41) is 0. The first-order valence-electron chi connectivity index (χ1n) is 6.66. The Morgan fingerprint density at radius 2 is 1.29 bits per heavy atom. The van der Waals surface area contributed by atoms with Crippen molar-refractivity contribution in [3.63, 3.8) is 0 Å². The molecule has 96 valence electrons. The van der Waals surface area contributed by atoms with Gasteiger partial charge in [-0.25, -0.2) is 0 Å². The van der Waals surface area contributed by atoms with Gasteiger partial charge >= 0.3 is 0 Å². The lowest BCUT2D eigenvalue weighted by atomic mass is 10.4. The van der Waals surface area contributed by atoms with Gasteiger partial charge in [-0.15, -0.1) is 0 Å². The van der Waals surface area contributed by atoms with Crippen LogP contribution in [0.25, 0.3) is 0 Å². The summed E-state index contributed by atoms with van der Waals surface area (Å²) in [7, 11) is 0. The van der Waals surface area contributed by atoms with Gasteiger partial charge in [0, 0.05) is 12.8 Å². The Labute approximate surface area is 103 Å². The maximum absolute atomic E-state index is 5.57. The van der Waals surface area contributed by atoms with E-state index < -0.39 is 0 Å². The second-order valence-electron chi connectivity index (χ2n) is 4.43. The Hall–Kier alpha value is -0.960. The molecule has 0 heterocycles. The van der Waals surface area contributed by atoms with Gasteiger partial charge in [-0.1, -0.05) is 0 Å². The number of rotatable bonds is 8. The smallest absolute Gasteiger partial charge is 0.111 e. The Morgan fingerprint density at radius 3 is 1.71 bits per heavy atom. The van der Waals surface area contributed by atoms with Crippen molar-refractivity contribution in [1.29, 1.82) is 0 Å². The van der Waals surface area contributed by atoms with Gasteiger partial charge in [0.15, 0.2) is 0 Å². The fourth-order valence-electron chi connectivity index (χ4n) is 2.11. The first-order valence-corrected chi connectivity index (χ1v) is 6.66. The van der Waals surface area contributed by atoms with Crippen LogP contribution in [0.1, 0.15) is 38.5 Å². The molecule has 3 nitrogen and oxygen atoms in total. The van der Waals surface area contributed by atoms with Gasteiger partial charge in [-0.3, -0.25) is 0 Å². The van der Waals surface area contributed by atoms with E-state index in [2.05, 4.69) is 12.2 Å². The zero-order chi connectivity index (χ0) is 11.8. The fraction of sp³-hybridized carbons (Fsp3) is 0.714. The van der Waals surface area contributed by atoms with Crippen LogP contribution < -0.4 is 0 Å². The minimum Gasteiger partial charge on any atom is -0.496 e. The van der Waals surface area contributed by atoms with Gasteiger partial charge in [0.2, 0.25) is 0 Å². The van der Waals surface area contributed by atoms with Crippen molar-refractivity contribution in [2.75, 3.05) is 26.4 Å². The van der Waals surface area contributed by atoms with E-state index in [-0.39, 0.29) is 0 Å². The van der Waals surface area contributed by atoms with Gasteiger partial charge in [-0.2, -0.15) is 0 Å². The summed E-state index contributed by atoms with van der Waals surface area (Å²) in [4.78, 5) is 0. The third-order valence-electron chi connectivity index (χ3n) is 3.03. The maximum Gasteiger partial charge on any atom is 0.111 e. The number of hydrogen-bond donors (Lipinski definition) is 0. The Kier molecular flexibility index (Phi) is 5.43. The lowest BCUT2D eigenvalue weighted by Gasteiger charge is -2.09. The predicted octanol–water partition coefficient (Wildman–Crippen LogP) is 3.17. The highest BCUT2D eigenvalue weighted by Crippen LogP contribution is 2.18. The predicted molar refractivity (Wildman–Crippen MR) is 66.6 cm³/mol. The van der Waals surface area contributed by atoms with Crippen LogP contribution >= 0.6 is 0 Å². The van der Waals surface area contributed by atoms with E-state index in [0.29, 0.717) is 26.4 Å². The first-order chi connectivity index (χ1) is 8.45. The topological polar surface area (TPSA) is 27.7 Å². The van der Waals surface area contributed by atoms with Gasteiger partial charge in [0.1, 0.15) is 13.2 Å². The van der Waals surface area contributed by atoms with Crippen LogP contribution in [0.2, 0.25) is 0 Å². The standard InChI is InChI=1S/C14H22O3/c1-2-6-13(5-1)16-11-9-15-10-12-17-14-7-3-4-8-14/h5,7H,1-4,6,8-12H2. The average Bonchev–Trinajstić information content (AvgIpc) is 3.00. The Balaban J connectivity index is 1.38. The van der Waals surface area contributed by atoms with Crippen molar-refractivity contribution in [2.45, 2.75) is 38.5 Å². The molecule has 0 saturated heterocycles. The molecule has 0 aromatic carbocycles. The molecular formula is C14H22O3. The van der Waals surface area contributed by atoms with Crippen molar-refractivity contribution in [1.82, 2.24) is 0 Å². The highest BCUT2D eigenvalue weighted by molar-refractivity contribution is 4.99. The highest BCUT2D eigenvalue weighted by atomic mass is 16.5. The molecule has 0 aromatic heterocycles. The molecule has 17 heavy (non-hydrogen) atoms. The van der Waals surface area contributed by atoms with Crippen LogP contribution in [0.5, 0.6) is 0 Å². The van der Waals surface area contributed by atoms with Crippen molar-refractivity contribution in [3.8, 4) is 0 Å². The van der Waals surface area contributed by atoms with E-state index in [0.717, 1.165) is 24.4 Å². The van der Waals surface area contributed by atoms with Gasteiger partial charge in [-0.05, 0) is 37.8 Å². The van der Waals surface area contributed by atoms with Gasteiger partial charge in [0.25, 0.3) is 0 Å². The minimum atomic E-state index is 0.653. The molecule has 0 fully saturated rings. The monoisotopic (exact) mass is 238 g/mol. The third-order valence-corrected chi connectivity index (χ3v) is 3.03. The Morgan fingerprint density at radius 1 is 0.765 bits per heavy atom. The van der Waals surface area contributed by atoms with Crippen molar-refractivity contribution < 1.29 is 14.2 Å². The molecule has 0 unspecified atom stereocenters. The first kappa shape index (κ1) is 12.5. The van der Waals surface area contributed by atoms with Crippen LogP contribution in [-0.4, -0.2) is 26.4 Å². The Bertz CT molecular complexity index is 253. The summed E-state index contributed by atoms with van der Waals surface area (Å²) in [6.07, 6.45) is 11.3. The zero-order valence-electron chi connectivity index (χ0n) is 10.5. The normalized spacial score (nSPS) is 19.1. The van der Waals surface area contributed by atoms with Gasteiger partial charge < -0.3 is 14.2 Å². The summed E-state index contributed by atoms with van der Waals surface area (Å²) in [5.74, 6) is 2.28. The fourth-order valence-corrected chi connectivity index (χ4v) is 2.11. The van der Waals surface area contributed by atoms with Gasteiger partial charge in [0.05, 0.1) is 24.7 Å². The minimum absolute atomic E-state index is 0.653. The van der Waals surface area contributed by atoms with Crippen LogP contribution in [0.3, 0.4) is 0 Å². The van der Waals surface area contributed by atoms with Crippen LogP contribution in [0.15, 0.2) is 23.7 Å². The van der Waals surface area contributed by atoms with Crippen molar-refractivity contribution >= 4 is 0 Å². The SMILES string of the molecule is C1=C(OCCOCCOC2=CCCC2)CCC1. The number of hydrogen-bond acceptors (Lipinski definition) is 3. The van der Waals surface area contributed by atoms with Crippen molar-refractivity contribution in [2.24, 2.45) is 0 Å². The second-order valence-corrected chi connectivity index (χ2v) is 4.43. The van der Waals surface area contributed by atoms with E-state index in [1.807, 2.05) is 0 Å². The molecular weight excluding hydrogens is 216 g/mol. The second kappa shape index (κ2) is 7.38. The molecule has 0 spiro atoms. The van der Waals surface area contributed by atoms with E-state index in [1.54, 1.807) is 0 Å². The molecule has 0 saturated carbocycles. The molecule has 0 aromatic rings. The molecule has 0 amide bonds. The molecule has 3 heteroatoms. The summed E-state index contributed by atoms with van der Waals surface area (Å²) >= 11 is 0. The maximum atomic E-state index is 5.57. The average molecular weight is 238 g/mol. The molecule has 0 aliphatic heterocycles. The summed E-state index contributed by atoms with van der Waals surface area (Å²) in [5.41, 5.74) is 0. The summed E-state index contributed by atoms with van der Waals surface area (Å²) < 4.78 is 16.6. The lowest BCUT2D eigenvalue weighted by Crippen LogP contribution is -2.08. The largest absolute Gasteiger partial charge is 0.496 e. The summed E-state index contributed by atoms with van der Waals surface area (Å²) in [6.45, 7) is 2.63. The van der Waals surface area contributed by atoms with Crippen LogP contribution in [0.4, 0.5) is 0 Å². The van der Waals surface area contributed by atoms with Crippen LogP contribution in [-0.2, 0) is 14.2 Å². The lowest BCUT2D eigenvalue weighted by molar-refractivity contribution is 0.0431. The molecule has 0 radical (unpaired) electrons. The molecule has 0 atom stereocenters. The quantitative estimate of drug-likeness (QED) is 0.608. The van der Waals surface area contributed by atoms with E-state index >= 15 is 0 Å². The highest BCUT2D eigenvalue weighted by Gasteiger charge is 2.05. The molecule has 0 bridgehead atoms. The van der Waals surface area contributed by atoms with E-state index in [1.165, 1.54) is 25.7 Å². The summed E-state index contributed by atoms with van der Waals surface area (Å²) in [6, 6.07) is 0. The molecule has 2 aliphatic carbocycles. The van der Waals surface area contributed by atoms with E-state index in [4.69, 9.17) is 14.2 Å². The zero-order valence-corrected chi connectivity index (χ0v) is 10.5.